The average Bonchev–Trinajstić information content (AvgIpc) is 3.05. The topological polar surface area (TPSA) is 67.2 Å². The van der Waals surface area contributed by atoms with Crippen LogP contribution in [-0.4, -0.2) is 46.8 Å². The van der Waals surface area contributed by atoms with Crippen LogP contribution in [0, 0.1) is 5.92 Å². The molecule has 2 heterocycles. The van der Waals surface area contributed by atoms with Gasteiger partial charge < -0.3 is 10.2 Å². The summed E-state index contributed by atoms with van der Waals surface area (Å²) in [4.78, 5) is 27.8. The van der Waals surface area contributed by atoms with Crippen LogP contribution in [0.25, 0.3) is 10.8 Å². The van der Waals surface area contributed by atoms with Gasteiger partial charge in [-0.15, -0.1) is 0 Å². The van der Waals surface area contributed by atoms with E-state index in [1.165, 1.54) is 4.68 Å². The molecule has 1 aromatic heterocycles. The van der Waals surface area contributed by atoms with Crippen LogP contribution in [0.15, 0.2) is 29.1 Å². The van der Waals surface area contributed by atoms with Crippen molar-refractivity contribution in [3.63, 3.8) is 0 Å². The minimum atomic E-state index is -0.131. The number of nitrogens with zero attached hydrogens (tertiary/aromatic N) is 3. The summed E-state index contributed by atoms with van der Waals surface area (Å²) in [6.45, 7) is 6.09. The Labute approximate surface area is 147 Å². The molecule has 6 nitrogen and oxygen atoms in total. The fourth-order valence-corrected chi connectivity index (χ4v) is 3.55. The molecule has 1 N–H and O–H groups in total. The number of likely N-dealkylation sites (N-methyl/N-ethyl adjacent to an activating group) is 1. The highest BCUT2D eigenvalue weighted by Gasteiger charge is 2.31. The van der Waals surface area contributed by atoms with Gasteiger partial charge in [-0.05, 0) is 31.9 Å². The van der Waals surface area contributed by atoms with Gasteiger partial charge in [0.05, 0.1) is 5.39 Å². The largest absolute Gasteiger partial charge is 0.333 e. The molecule has 0 saturated carbocycles. The summed E-state index contributed by atoms with van der Waals surface area (Å²) in [6.07, 6.45) is 2.00. The Balaban J connectivity index is 2.09. The highest BCUT2D eigenvalue weighted by atomic mass is 16.2. The SMILES string of the molecule is CNCC1CCCN1C(=O)c1nn(CC(C)C)c(=O)c2ccccc12. The van der Waals surface area contributed by atoms with Crippen LogP contribution in [0.4, 0.5) is 0 Å². The van der Waals surface area contributed by atoms with Gasteiger partial charge >= 0.3 is 0 Å². The number of nitrogens with one attached hydrogen (secondary N) is 1. The van der Waals surface area contributed by atoms with Crippen molar-refractivity contribution in [1.29, 1.82) is 0 Å². The zero-order valence-corrected chi connectivity index (χ0v) is 15.2. The quantitative estimate of drug-likeness (QED) is 0.901. The fourth-order valence-electron chi connectivity index (χ4n) is 3.55. The first-order valence-corrected chi connectivity index (χ1v) is 8.98. The molecule has 1 aromatic carbocycles. The van der Waals surface area contributed by atoms with Crippen molar-refractivity contribution in [3.05, 3.63) is 40.3 Å². The molecule has 0 aliphatic carbocycles. The van der Waals surface area contributed by atoms with Gasteiger partial charge in [-0.25, -0.2) is 4.68 Å². The van der Waals surface area contributed by atoms with Gasteiger partial charge in [0, 0.05) is 31.1 Å². The van der Waals surface area contributed by atoms with Crippen LogP contribution in [0.1, 0.15) is 37.2 Å². The summed E-state index contributed by atoms with van der Waals surface area (Å²) in [5.74, 6) is 0.199. The van der Waals surface area contributed by atoms with Crippen LogP contribution in [-0.2, 0) is 6.54 Å². The van der Waals surface area contributed by atoms with E-state index in [1.807, 2.05) is 44.0 Å². The van der Waals surface area contributed by atoms with E-state index in [1.54, 1.807) is 6.07 Å². The smallest absolute Gasteiger partial charge is 0.275 e. The first-order chi connectivity index (χ1) is 12.0. The second-order valence-electron chi connectivity index (χ2n) is 7.13. The molecule has 1 saturated heterocycles. The number of benzene rings is 1. The normalized spacial score (nSPS) is 17.6. The minimum absolute atomic E-state index is 0.0774. The summed E-state index contributed by atoms with van der Waals surface area (Å²) in [6, 6.07) is 7.46. The van der Waals surface area contributed by atoms with Crippen LogP contribution in [0.5, 0.6) is 0 Å². The maximum absolute atomic E-state index is 13.2. The third-order valence-corrected chi connectivity index (χ3v) is 4.69. The van der Waals surface area contributed by atoms with E-state index < -0.39 is 0 Å². The number of hydrogen-bond donors (Lipinski definition) is 1. The van der Waals surface area contributed by atoms with Gasteiger partial charge in [-0.1, -0.05) is 32.0 Å². The molecule has 3 rings (SSSR count). The molecular weight excluding hydrogens is 316 g/mol. The summed E-state index contributed by atoms with van der Waals surface area (Å²) in [5.41, 5.74) is 0.257. The predicted octanol–water partition coefficient (Wildman–Crippen LogP) is 1.88. The van der Waals surface area contributed by atoms with E-state index in [0.29, 0.717) is 23.0 Å². The molecule has 1 atom stereocenters. The van der Waals surface area contributed by atoms with E-state index in [-0.39, 0.29) is 23.4 Å². The lowest BCUT2D eigenvalue weighted by atomic mass is 10.1. The van der Waals surface area contributed by atoms with E-state index >= 15 is 0 Å². The number of carbonyl (C=O) groups excluding carboxylic acids is 1. The second kappa shape index (κ2) is 7.35. The van der Waals surface area contributed by atoms with Gasteiger partial charge in [-0.3, -0.25) is 9.59 Å². The van der Waals surface area contributed by atoms with Gasteiger partial charge in [-0.2, -0.15) is 5.10 Å². The van der Waals surface area contributed by atoms with Crippen molar-refractivity contribution in [2.45, 2.75) is 39.3 Å². The number of amides is 1. The monoisotopic (exact) mass is 342 g/mol. The van der Waals surface area contributed by atoms with E-state index in [9.17, 15) is 9.59 Å². The lowest BCUT2D eigenvalue weighted by Gasteiger charge is -2.25. The first kappa shape index (κ1) is 17.6. The zero-order valence-electron chi connectivity index (χ0n) is 15.2. The maximum Gasteiger partial charge on any atom is 0.275 e. The standard InChI is InChI=1S/C19H26N4O2/c1-13(2)12-23-18(24)16-9-5-4-8-15(16)17(21-23)19(25)22-10-6-7-14(22)11-20-3/h4-5,8-9,13-14,20H,6-7,10-12H2,1-3H3. The van der Waals surface area contributed by atoms with Gasteiger partial charge in [0.25, 0.3) is 11.5 Å². The van der Waals surface area contributed by atoms with Crippen molar-refractivity contribution in [1.82, 2.24) is 20.0 Å². The molecular formula is C19H26N4O2. The van der Waals surface area contributed by atoms with Gasteiger partial charge in [0.1, 0.15) is 0 Å². The van der Waals surface area contributed by atoms with Crippen molar-refractivity contribution in [2.75, 3.05) is 20.1 Å². The average molecular weight is 342 g/mol. The van der Waals surface area contributed by atoms with E-state index in [2.05, 4.69) is 10.4 Å². The number of aromatic nitrogens is 2. The summed E-state index contributed by atoms with van der Waals surface area (Å²) >= 11 is 0. The molecule has 0 radical (unpaired) electrons. The zero-order chi connectivity index (χ0) is 18.0. The Morgan fingerprint density at radius 2 is 2.04 bits per heavy atom. The third kappa shape index (κ3) is 3.44. The van der Waals surface area contributed by atoms with Crippen LogP contribution >= 0.6 is 0 Å². The minimum Gasteiger partial charge on any atom is -0.333 e. The number of rotatable bonds is 5. The molecule has 0 bridgehead atoms. The first-order valence-electron chi connectivity index (χ1n) is 8.98. The molecule has 2 aromatic rings. The molecule has 1 unspecified atom stereocenters. The van der Waals surface area contributed by atoms with E-state index in [0.717, 1.165) is 25.9 Å². The van der Waals surface area contributed by atoms with Crippen molar-refractivity contribution >= 4 is 16.7 Å². The summed E-state index contributed by atoms with van der Waals surface area (Å²) in [7, 11) is 1.90. The Kier molecular flexibility index (Phi) is 5.18. The molecule has 6 heteroatoms. The second-order valence-corrected chi connectivity index (χ2v) is 7.13. The number of carbonyl (C=O) groups is 1. The summed E-state index contributed by atoms with van der Waals surface area (Å²) in [5, 5.41) is 8.84. The Bertz CT molecular complexity index is 828. The molecule has 1 amide bonds. The van der Waals surface area contributed by atoms with Crippen LogP contribution < -0.4 is 10.9 Å². The highest BCUT2D eigenvalue weighted by molar-refractivity contribution is 6.05. The van der Waals surface area contributed by atoms with E-state index in [4.69, 9.17) is 0 Å². The predicted molar refractivity (Wildman–Crippen MR) is 98.8 cm³/mol. The molecule has 1 fully saturated rings. The highest BCUT2D eigenvalue weighted by Crippen LogP contribution is 2.22. The number of hydrogen-bond acceptors (Lipinski definition) is 4. The Morgan fingerprint density at radius 1 is 1.32 bits per heavy atom. The lowest BCUT2D eigenvalue weighted by molar-refractivity contribution is 0.0730. The maximum atomic E-state index is 13.2. The Morgan fingerprint density at radius 3 is 2.72 bits per heavy atom. The van der Waals surface area contributed by atoms with Gasteiger partial charge in [0.2, 0.25) is 0 Å². The number of fused-ring (bicyclic) bond motifs is 1. The van der Waals surface area contributed by atoms with Crippen LogP contribution in [0.2, 0.25) is 0 Å². The lowest BCUT2D eigenvalue weighted by Crippen LogP contribution is -2.42. The Hall–Kier alpha value is -2.21. The van der Waals surface area contributed by atoms with Crippen LogP contribution in [0.3, 0.4) is 0 Å². The molecule has 0 spiro atoms. The molecule has 1 aliphatic heterocycles. The molecule has 1 aliphatic rings. The van der Waals surface area contributed by atoms with Crippen molar-refractivity contribution in [3.8, 4) is 0 Å². The van der Waals surface area contributed by atoms with Gasteiger partial charge in [0.15, 0.2) is 5.69 Å². The fraction of sp³-hybridized carbons (Fsp3) is 0.526. The molecule has 134 valence electrons. The van der Waals surface area contributed by atoms with Crippen molar-refractivity contribution in [2.24, 2.45) is 5.92 Å². The number of likely N-dealkylation sites (tertiary alicyclic amines) is 1. The summed E-state index contributed by atoms with van der Waals surface area (Å²) < 4.78 is 1.45. The third-order valence-electron chi connectivity index (χ3n) is 4.69. The van der Waals surface area contributed by atoms with Crippen molar-refractivity contribution < 1.29 is 4.79 Å². The molecule has 25 heavy (non-hydrogen) atoms.